The summed E-state index contributed by atoms with van der Waals surface area (Å²) in [6, 6.07) is 9.87. The highest BCUT2D eigenvalue weighted by molar-refractivity contribution is 6.32. The minimum absolute atomic E-state index is 0.00699. The summed E-state index contributed by atoms with van der Waals surface area (Å²) in [5.74, 6) is 0.242. The third-order valence-corrected chi connectivity index (χ3v) is 5.64. The number of carbonyl (C=O) groups excluding carboxylic acids is 1. The van der Waals surface area contributed by atoms with Gasteiger partial charge in [-0.3, -0.25) is 9.59 Å². The average Bonchev–Trinajstić information content (AvgIpc) is 3.01. The van der Waals surface area contributed by atoms with Crippen LogP contribution < -0.4 is 10.2 Å². The van der Waals surface area contributed by atoms with E-state index in [1.165, 1.54) is 4.90 Å². The van der Waals surface area contributed by atoms with Crippen molar-refractivity contribution in [1.29, 1.82) is 0 Å². The maximum Gasteiger partial charge on any atom is 0.290 e. The minimum atomic E-state index is -0.675. The Kier molecular flexibility index (Phi) is 5.54. The van der Waals surface area contributed by atoms with Crippen molar-refractivity contribution in [2.45, 2.75) is 26.3 Å². The van der Waals surface area contributed by atoms with Gasteiger partial charge < -0.3 is 19.2 Å². The van der Waals surface area contributed by atoms with Crippen molar-refractivity contribution in [3.05, 3.63) is 74.1 Å². The molecule has 30 heavy (non-hydrogen) atoms. The number of aliphatic hydroxyl groups excluding tert-OH is 1. The maximum atomic E-state index is 13.4. The molecule has 1 aliphatic rings. The number of aryl methyl sites for hydroxylation is 1. The Bertz CT molecular complexity index is 1190. The lowest BCUT2D eigenvalue weighted by molar-refractivity contribution is 0.0691. The van der Waals surface area contributed by atoms with E-state index in [0.29, 0.717) is 33.9 Å². The van der Waals surface area contributed by atoms with Gasteiger partial charge in [0, 0.05) is 11.6 Å². The van der Waals surface area contributed by atoms with Gasteiger partial charge >= 0.3 is 0 Å². The summed E-state index contributed by atoms with van der Waals surface area (Å²) in [5, 5.41) is 10.3. The van der Waals surface area contributed by atoms with Crippen LogP contribution in [0.3, 0.4) is 0 Å². The third kappa shape index (κ3) is 3.36. The van der Waals surface area contributed by atoms with E-state index in [2.05, 4.69) is 0 Å². The summed E-state index contributed by atoms with van der Waals surface area (Å²) in [7, 11) is 0. The lowest BCUT2D eigenvalue weighted by Crippen LogP contribution is -2.32. The van der Waals surface area contributed by atoms with Crippen LogP contribution in [0.1, 0.15) is 46.6 Å². The van der Waals surface area contributed by atoms with Gasteiger partial charge in [-0.15, -0.1) is 0 Å². The SMILES string of the molecule is CCCOc1cccc(C2c3c(oc4cc(C)c(Cl)cc4c3=O)C(=O)N2CCO)c1. The molecule has 0 radical (unpaired) electrons. The molecule has 0 fully saturated rings. The predicted molar refractivity (Wildman–Crippen MR) is 114 cm³/mol. The van der Waals surface area contributed by atoms with Crippen LogP contribution in [0, 0.1) is 6.92 Å². The number of aliphatic hydroxyl groups is 1. The maximum absolute atomic E-state index is 13.4. The lowest BCUT2D eigenvalue weighted by Gasteiger charge is -2.24. The summed E-state index contributed by atoms with van der Waals surface area (Å²) in [4.78, 5) is 28.0. The van der Waals surface area contributed by atoms with Crippen LogP contribution in [-0.2, 0) is 0 Å². The van der Waals surface area contributed by atoms with Crippen molar-refractivity contribution >= 4 is 28.5 Å². The molecule has 0 saturated heterocycles. The molecule has 1 aromatic heterocycles. The van der Waals surface area contributed by atoms with Gasteiger partial charge in [-0.2, -0.15) is 0 Å². The van der Waals surface area contributed by atoms with Crippen LogP contribution in [0.4, 0.5) is 0 Å². The van der Waals surface area contributed by atoms with E-state index in [9.17, 15) is 14.7 Å². The van der Waals surface area contributed by atoms with Crippen molar-refractivity contribution in [1.82, 2.24) is 4.90 Å². The van der Waals surface area contributed by atoms with Gasteiger partial charge in [0.05, 0.1) is 30.2 Å². The molecule has 0 saturated carbocycles. The van der Waals surface area contributed by atoms with E-state index in [4.69, 9.17) is 20.8 Å². The number of carbonyl (C=O) groups is 1. The highest BCUT2D eigenvalue weighted by Gasteiger charge is 2.42. The Morgan fingerprint density at radius 1 is 1.23 bits per heavy atom. The molecule has 3 aromatic rings. The highest BCUT2D eigenvalue weighted by atomic mass is 35.5. The van der Waals surface area contributed by atoms with Crippen molar-refractivity contribution in [3.8, 4) is 5.75 Å². The van der Waals surface area contributed by atoms with Gasteiger partial charge in [-0.1, -0.05) is 30.7 Å². The predicted octanol–water partition coefficient (Wildman–Crippen LogP) is 4.08. The van der Waals surface area contributed by atoms with Gasteiger partial charge in [-0.25, -0.2) is 0 Å². The van der Waals surface area contributed by atoms with Gasteiger partial charge in [0.2, 0.25) is 5.76 Å². The zero-order valence-corrected chi connectivity index (χ0v) is 17.5. The normalized spacial score (nSPS) is 15.7. The smallest absolute Gasteiger partial charge is 0.290 e. The zero-order valence-electron chi connectivity index (χ0n) is 16.8. The molecule has 0 aliphatic carbocycles. The van der Waals surface area contributed by atoms with Crippen LogP contribution in [0.15, 0.2) is 45.6 Å². The Balaban J connectivity index is 1.93. The number of β-amino-alcohol motifs (C(OH)–C–C–N with tert-alkyl or cyclic N) is 1. The molecular formula is C23H22ClNO5. The number of nitrogens with zero attached hydrogens (tertiary/aromatic N) is 1. The number of benzene rings is 2. The summed E-state index contributed by atoms with van der Waals surface area (Å²) >= 11 is 6.23. The first kappa shape index (κ1) is 20.4. The quantitative estimate of drug-likeness (QED) is 0.641. The molecule has 7 heteroatoms. The number of fused-ring (bicyclic) bond motifs is 2. The van der Waals surface area contributed by atoms with Crippen LogP contribution in [0.2, 0.25) is 5.02 Å². The Morgan fingerprint density at radius 2 is 2.03 bits per heavy atom. The van der Waals surface area contributed by atoms with Crippen molar-refractivity contribution in [2.24, 2.45) is 0 Å². The second kappa shape index (κ2) is 8.13. The van der Waals surface area contributed by atoms with Crippen LogP contribution in [0.5, 0.6) is 5.75 Å². The summed E-state index contributed by atoms with van der Waals surface area (Å²) in [6.45, 7) is 4.22. The fraction of sp³-hybridized carbons (Fsp3) is 0.304. The van der Waals surface area contributed by atoms with Gasteiger partial charge in [0.15, 0.2) is 5.43 Å². The van der Waals surface area contributed by atoms with Gasteiger partial charge in [0.25, 0.3) is 5.91 Å². The third-order valence-electron chi connectivity index (χ3n) is 5.23. The first-order valence-corrected chi connectivity index (χ1v) is 10.3. The fourth-order valence-electron chi connectivity index (χ4n) is 3.82. The van der Waals surface area contributed by atoms with Crippen molar-refractivity contribution in [2.75, 3.05) is 19.8 Å². The summed E-state index contributed by atoms with van der Waals surface area (Å²) < 4.78 is 11.6. The highest BCUT2D eigenvalue weighted by Crippen LogP contribution is 2.39. The van der Waals surface area contributed by atoms with Crippen LogP contribution >= 0.6 is 11.6 Å². The monoisotopic (exact) mass is 427 g/mol. The number of amides is 1. The van der Waals surface area contributed by atoms with E-state index in [-0.39, 0.29) is 29.9 Å². The number of ether oxygens (including phenoxy) is 1. The van der Waals surface area contributed by atoms with Gasteiger partial charge in [0.1, 0.15) is 11.3 Å². The largest absolute Gasteiger partial charge is 0.494 e. The second-order valence-electron chi connectivity index (χ2n) is 7.32. The second-order valence-corrected chi connectivity index (χ2v) is 7.72. The van der Waals surface area contributed by atoms with E-state index in [0.717, 1.165) is 12.0 Å². The topological polar surface area (TPSA) is 80.0 Å². The number of hydrogen-bond donors (Lipinski definition) is 1. The number of halogens is 1. The summed E-state index contributed by atoms with van der Waals surface area (Å²) in [6.07, 6.45) is 0.862. The standard InChI is InChI=1S/C23H22ClNO5/c1-3-9-29-15-6-4-5-14(11-15)20-19-21(27)16-12-17(24)13(2)10-18(16)30-22(19)23(28)25(20)7-8-26/h4-6,10-12,20,26H,3,7-9H2,1-2H3. The molecular weight excluding hydrogens is 406 g/mol. The summed E-state index contributed by atoms with van der Waals surface area (Å²) in [5.41, 5.74) is 1.75. The van der Waals surface area contributed by atoms with E-state index >= 15 is 0 Å². The molecule has 2 aromatic carbocycles. The van der Waals surface area contributed by atoms with Crippen LogP contribution in [0.25, 0.3) is 11.0 Å². The molecule has 4 rings (SSSR count). The number of rotatable bonds is 6. The van der Waals surface area contributed by atoms with E-state index in [1.807, 2.05) is 31.2 Å². The molecule has 1 aliphatic heterocycles. The average molecular weight is 428 g/mol. The van der Waals surface area contributed by atoms with Crippen molar-refractivity contribution in [3.63, 3.8) is 0 Å². The van der Waals surface area contributed by atoms with Crippen LogP contribution in [-0.4, -0.2) is 35.7 Å². The fourth-order valence-corrected chi connectivity index (χ4v) is 3.98. The molecule has 6 nitrogen and oxygen atoms in total. The lowest BCUT2D eigenvalue weighted by atomic mass is 9.98. The Labute approximate surface area is 178 Å². The molecule has 0 spiro atoms. The first-order chi connectivity index (χ1) is 14.5. The molecule has 0 bridgehead atoms. The molecule has 1 unspecified atom stereocenters. The number of hydrogen-bond acceptors (Lipinski definition) is 5. The molecule has 2 heterocycles. The Morgan fingerprint density at radius 3 is 2.77 bits per heavy atom. The molecule has 1 atom stereocenters. The van der Waals surface area contributed by atoms with E-state index in [1.54, 1.807) is 19.1 Å². The van der Waals surface area contributed by atoms with Crippen molar-refractivity contribution < 1.29 is 19.1 Å². The van der Waals surface area contributed by atoms with Gasteiger partial charge in [-0.05, 0) is 48.7 Å². The Hall–Kier alpha value is -2.83. The van der Waals surface area contributed by atoms with E-state index < -0.39 is 11.9 Å². The minimum Gasteiger partial charge on any atom is -0.494 e. The zero-order chi connectivity index (χ0) is 21.4. The molecule has 156 valence electrons. The molecule has 1 amide bonds. The first-order valence-electron chi connectivity index (χ1n) is 9.87. The molecule has 1 N–H and O–H groups in total.